The zero-order valence-corrected chi connectivity index (χ0v) is 19.7. The lowest BCUT2D eigenvalue weighted by Gasteiger charge is -2.13. The lowest BCUT2D eigenvalue weighted by atomic mass is 10.2. The highest BCUT2D eigenvalue weighted by atomic mass is 32.2. The van der Waals surface area contributed by atoms with Crippen molar-refractivity contribution in [3.05, 3.63) is 0 Å². The normalized spacial score (nSPS) is 15.1. The molecule has 3 unspecified atom stereocenters. The standard InChI is InChI=1S/C18H40N2O9S2/c21-17(15-28-9-5-11-30(23)24)13-19-7-3-1-2-4-8-20-14-18(22)16-29-10-6-12-31(25,26)27/h17-22H,1-16H2,(H,23,24)(H,25,26,27). The van der Waals surface area contributed by atoms with Crippen LogP contribution in [0.1, 0.15) is 38.5 Å². The Hall–Kier alpha value is -0.220. The molecule has 0 amide bonds. The molecule has 0 aliphatic rings. The van der Waals surface area contributed by atoms with Crippen molar-refractivity contribution in [2.45, 2.75) is 50.7 Å². The van der Waals surface area contributed by atoms with E-state index in [4.69, 9.17) is 18.6 Å². The average Bonchev–Trinajstić information content (AvgIpc) is 2.67. The van der Waals surface area contributed by atoms with Crippen LogP contribution in [-0.4, -0.2) is 108 Å². The van der Waals surface area contributed by atoms with Gasteiger partial charge in [-0.05, 0) is 38.8 Å². The highest BCUT2D eigenvalue weighted by Gasteiger charge is 2.06. The molecule has 0 radical (unpaired) electrons. The van der Waals surface area contributed by atoms with Crippen molar-refractivity contribution in [3.63, 3.8) is 0 Å². The topological polar surface area (TPSA) is 175 Å². The second-order valence-electron chi connectivity index (χ2n) is 7.30. The molecule has 0 aromatic carbocycles. The summed E-state index contributed by atoms with van der Waals surface area (Å²) in [6.07, 6.45) is 3.51. The summed E-state index contributed by atoms with van der Waals surface area (Å²) in [6.45, 7) is 3.29. The number of aliphatic hydroxyl groups excluding tert-OH is 2. The zero-order chi connectivity index (χ0) is 23.4. The SMILES string of the molecule is O=S(O)CCCOCC(O)CNCCCCCCNCC(O)COCCCS(=O)(=O)O. The first-order valence-electron chi connectivity index (χ1n) is 10.7. The van der Waals surface area contributed by atoms with Crippen LogP contribution in [0.25, 0.3) is 0 Å². The molecule has 0 aromatic rings. The molecule has 0 heterocycles. The third-order valence-corrected chi connectivity index (χ3v) is 5.58. The predicted octanol–water partition coefficient (Wildman–Crippen LogP) is -0.629. The van der Waals surface area contributed by atoms with Crippen molar-refractivity contribution in [1.82, 2.24) is 10.6 Å². The molecular formula is C18H40N2O9S2. The number of hydrogen-bond donors (Lipinski definition) is 6. The second-order valence-corrected chi connectivity index (χ2v) is 9.92. The molecule has 31 heavy (non-hydrogen) atoms. The van der Waals surface area contributed by atoms with E-state index in [1.165, 1.54) is 0 Å². The van der Waals surface area contributed by atoms with Gasteiger partial charge in [0.1, 0.15) is 0 Å². The predicted molar refractivity (Wildman–Crippen MR) is 119 cm³/mol. The van der Waals surface area contributed by atoms with Crippen LogP contribution in [0.3, 0.4) is 0 Å². The first-order valence-corrected chi connectivity index (χ1v) is 13.5. The number of rotatable bonds is 23. The summed E-state index contributed by atoms with van der Waals surface area (Å²) in [5.74, 6) is -0.163. The zero-order valence-electron chi connectivity index (χ0n) is 18.1. The van der Waals surface area contributed by atoms with Gasteiger partial charge in [-0.3, -0.25) is 4.55 Å². The van der Waals surface area contributed by atoms with Gasteiger partial charge in [0.15, 0.2) is 11.1 Å². The van der Waals surface area contributed by atoms with Gasteiger partial charge in [0.25, 0.3) is 10.1 Å². The quantitative estimate of drug-likeness (QED) is 0.0608. The van der Waals surface area contributed by atoms with Gasteiger partial charge < -0.3 is 34.9 Å². The summed E-state index contributed by atoms with van der Waals surface area (Å²) < 4.78 is 59.1. The van der Waals surface area contributed by atoms with Crippen LogP contribution in [-0.2, 0) is 30.7 Å². The lowest BCUT2D eigenvalue weighted by Crippen LogP contribution is -2.31. The van der Waals surface area contributed by atoms with E-state index in [0.717, 1.165) is 38.8 Å². The van der Waals surface area contributed by atoms with Gasteiger partial charge >= 0.3 is 0 Å². The molecule has 0 saturated carbocycles. The molecule has 0 spiro atoms. The summed E-state index contributed by atoms with van der Waals surface area (Å²) in [7, 11) is -3.96. The van der Waals surface area contributed by atoms with Gasteiger partial charge in [0.05, 0.1) is 36.9 Å². The molecule has 11 nitrogen and oxygen atoms in total. The Bertz CT molecular complexity index is 538. The van der Waals surface area contributed by atoms with E-state index >= 15 is 0 Å². The van der Waals surface area contributed by atoms with Crippen LogP contribution in [0, 0.1) is 0 Å². The maximum Gasteiger partial charge on any atom is 0.264 e. The van der Waals surface area contributed by atoms with E-state index in [2.05, 4.69) is 10.6 Å². The third-order valence-electron chi connectivity index (χ3n) is 4.14. The second kappa shape index (κ2) is 20.4. The number of aliphatic hydroxyl groups is 2. The van der Waals surface area contributed by atoms with Gasteiger partial charge in [-0.15, -0.1) is 0 Å². The van der Waals surface area contributed by atoms with E-state index < -0.39 is 33.4 Å². The van der Waals surface area contributed by atoms with Crippen molar-refractivity contribution >= 4 is 21.2 Å². The molecule has 0 saturated heterocycles. The fraction of sp³-hybridized carbons (Fsp3) is 1.00. The average molecular weight is 493 g/mol. The largest absolute Gasteiger partial charge is 0.389 e. The van der Waals surface area contributed by atoms with Gasteiger partial charge in [0, 0.05) is 26.3 Å². The summed E-state index contributed by atoms with van der Waals surface area (Å²) in [5.41, 5.74) is 0. The van der Waals surface area contributed by atoms with Crippen molar-refractivity contribution in [3.8, 4) is 0 Å². The first-order chi connectivity index (χ1) is 14.7. The Morgan fingerprint density at radius 2 is 1.29 bits per heavy atom. The molecule has 0 aromatic heterocycles. The van der Waals surface area contributed by atoms with Crippen LogP contribution < -0.4 is 10.6 Å². The molecule has 3 atom stereocenters. The minimum atomic E-state index is -3.96. The van der Waals surface area contributed by atoms with E-state index in [0.29, 0.717) is 26.1 Å². The number of unbranched alkanes of at least 4 members (excludes halogenated alkanes) is 3. The van der Waals surface area contributed by atoms with E-state index in [-0.39, 0.29) is 37.7 Å². The fourth-order valence-corrected chi connectivity index (χ4v) is 3.42. The number of ether oxygens (including phenoxy) is 2. The molecule has 0 aliphatic heterocycles. The molecule has 188 valence electrons. The molecule has 0 aliphatic carbocycles. The molecular weight excluding hydrogens is 452 g/mol. The minimum Gasteiger partial charge on any atom is -0.389 e. The van der Waals surface area contributed by atoms with Gasteiger partial charge in [-0.1, -0.05) is 12.8 Å². The molecule has 0 bridgehead atoms. The van der Waals surface area contributed by atoms with Gasteiger partial charge in [0.2, 0.25) is 0 Å². The fourth-order valence-electron chi connectivity index (χ4n) is 2.58. The number of hydrogen-bond acceptors (Lipinski definition) is 9. The Morgan fingerprint density at radius 3 is 1.74 bits per heavy atom. The number of nitrogens with one attached hydrogen (secondary N) is 2. The van der Waals surface area contributed by atoms with Crippen LogP contribution in [0.4, 0.5) is 0 Å². The van der Waals surface area contributed by atoms with Crippen molar-refractivity contribution < 1.29 is 41.4 Å². The Labute approximate surface area is 188 Å². The van der Waals surface area contributed by atoms with Gasteiger partial charge in [-0.25, -0.2) is 4.21 Å². The Balaban J connectivity index is 3.30. The Kier molecular flexibility index (Phi) is 20.2. The smallest absolute Gasteiger partial charge is 0.264 e. The maximum absolute atomic E-state index is 10.5. The van der Waals surface area contributed by atoms with E-state index in [1.54, 1.807) is 0 Å². The van der Waals surface area contributed by atoms with Crippen molar-refractivity contribution in [2.24, 2.45) is 0 Å². The van der Waals surface area contributed by atoms with E-state index in [9.17, 15) is 22.8 Å². The monoisotopic (exact) mass is 492 g/mol. The van der Waals surface area contributed by atoms with E-state index in [1.807, 2.05) is 0 Å². The summed E-state index contributed by atoms with van der Waals surface area (Å²) in [4.78, 5) is 0. The van der Waals surface area contributed by atoms with Crippen LogP contribution in [0.15, 0.2) is 0 Å². The van der Waals surface area contributed by atoms with Gasteiger partial charge in [-0.2, -0.15) is 8.42 Å². The molecule has 6 N–H and O–H groups in total. The van der Waals surface area contributed by atoms with Crippen LogP contribution in [0.2, 0.25) is 0 Å². The molecule has 13 heteroatoms. The first kappa shape index (κ1) is 30.8. The molecule has 0 fully saturated rings. The highest BCUT2D eigenvalue weighted by Crippen LogP contribution is 1.98. The highest BCUT2D eigenvalue weighted by molar-refractivity contribution is 7.85. The van der Waals surface area contributed by atoms with Crippen LogP contribution >= 0.6 is 0 Å². The lowest BCUT2D eigenvalue weighted by molar-refractivity contribution is 0.0374. The summed E-state index contributed by atoms with van der Waals surface area (Å²) in [5, 5.41) is 25.8. The summed E-state index contributed by atoms with van der Waals surface area (Å²) >= 11 is -1.79. The Morgan fingerprint density at radius 1 is 0.806 bits per heavy atom. The summed E-state index contributed by atoms with van der Waals surface area (Å²) in [6, 6.07) is 0. The third kappa shape index (κ3) is 25.9. The molecule has 0 rings (SSSR count). The minimum absolute atomic E-state index is 0.116. The van der Waals surface area contributed by atoms with Crippen molar-refractivity contribution in [1.29, 1.82) is 0 Å². The maximum atomic E-state index is 10.5. The van der Waals surface area contributed by atoms with Crippen LogP contribution in [0.5, 0.6) is 0 Å². The van der Waals surface area contributed by atoms with Crippen molar-refractivity contribution in [2.75, 3.05) is 64.1 Å².